The number of ether oxygens (including phenoxy) is 1. The quantitative estimate of drug-likeness (QED) is 0.868. The zero-order valence-electron chi connectivity index (χ0n) is 12.3. The van der Waals surface area contributed by atoms with Gasteiger partial charge in [-0.1, -0.05) is 18.6 Å². The predicted molar refractivity (Wildman–Crippen MR) is 79.5 cm³/mol. The molecule has 20 heavy (non-hydrogen) atoms. The highest BCUT2D eigenvalue weighted by atomic mass is 16.5. The zero-order valence-corrected chi connectivity index (χ0v) is 12.3. The van der Waals surface area contributed by atoms with Crippen LogP contribution in [-0.2, 0) is 4.79 Å². The molecule has 110 valence electrons. The van der Waals surface area contributed by atoms with Crippen LogP contribution in [0.1, 0.15) is 44.2 Å². The Morgan fingerprint density at radius 2 is 2.30 bits per heavy atom. The van der Waals surface area contributed by atoms with Gasteiger partial charge in [0.2, 0.25) is 5.91 Å². The summed E-state index contributed by atoms with van der Waals surface area (Å²) in [5.41, 5.74) is 7.06. The fourth-order valence-electron chi connectivity index (χ4n) is 2.85. The molecular weight excluding hydrogens is 252 g/mol. The van der Waals surface area contributed by atoms with E-state index in [2.05, 4.69) is 5.32 Å². The van der Waals surface area contributed by atoms with Gasteiger partial charge in [0.15, 0.2) is 0 Å². The van der Waals surface area contributed by atoms with Crippen molar-refractivity contribution in [3.8, 4) is 5.75 Å². The summed E-state index contributed by atoms with van der Waals surface area (Å²) in [4.78, 5) is 12.1. The molecule has 4 heteroatoms. The van der Waals surface area contributed by atoms with Crippen LogP contribution in [0.15, 0.2) is 24.3 Å². The molecule has 1 saturated carbocycles. The van der Waals surface area contributed by atoms with E-state index in [1.807, 2.05) is 31.2 Å². The molecule has 4 nitrogen and oxygen atoms in total. The Bertz CT molecular complexity index is 462. The van der Waals surface area contributed by atoms with Gasteiger partial charge >= 0.3 is 0 Å². The van der Waals surface area contributed by atoms with E-state index in [-0.39, 0.29) is 18.0 Å². The summed E-state index contributed by atoms with van der Waals surface area (Å²) in [7, 11) is 1.64. The molecule has 0 saturated heterocycles. The van der Waals surface area contributed by atoms with Crippen molar-refractivity contribution in [2.45, 2.75) is 44.7 Å². The lowest BCUT2D eigenvalue weighted by Crippen LogP contribution is -2.32. The number of hydrogen-bond acceptors (Lipinski definition) is 3. The van der Waals surface area contributed by atoms with Gasteiger partial charge in [0.1, 0.15) is 5.75 Å². The second kappa shape index (κ2) is 6.75. The third-order valence-corrected chi connectivity index (χ3v) is 4.14. The summed E-state index contributed by atoms with van der Waals surface area (Å²) < 4.78 is 5.20. The number of rotatable bonds is 5. The average Bonchev–Trinajstić information content (AvgIpc) is 2.84. The van der Waals surface area contributed by atoms with Crippen molar-refractivity contribution in [3.63, 3.8) is 0 Å². The molecule has 1 unspecified atom stereocenters. The minimum absolute atomic E-state index is 0.0183. The highest BCUT2D eigenvalue weighted by Crippen LogP contribution is 2.27. The molecule has 1 aliphatic rings. The van der Waals surface area contributed by atoms with Crippen LogP contribution >= 0.6 is 0 Å². The number of carbonyl (C=O) groups excluding carboxylic acids is 1. The maximum absolute atomic E-state index is 12.1. The fraction of sp³-hybridized carbons (Fsp3) is 0.562. The maximum atomic E-state index is 12.1. The number of amides is 1. The second-order valence-corrected chi connectivity index (χ2v) is 5.62. The van der Waals surface area contributed by atoms with Crippen molar-refractivity contribution in [2.75, 3.05) is 7.11 Å². The Kier molecular flexibility index (Phi) is 5.01. The summed E-state index contributed by atoms with van der Waals surface area (Å²) in [5.74, 6) is 1.23. The van der Waals surface area contributed by atoms with Crippen molar-refractivity contribution in [1.82, 2.24) is 5.32 Å². The third-order valence-electron chi connectivity index (χ3n) is 4.14. The number of methoxy groups -OCH3 is 1. The summed E-state index contributed by atoms with van der Waals surface area (Å²) in [6.45, 7) is 1.99. The number of hydrogen-bond donors (Lipinski definition) is 2. The molecule has 1 amide bonds. The molecule has 0 radical (unpaired) electrons. The van der Waals surface area contributed by atoms with E-state index >= 15 is 0 Å². The van der Waals surface area contributed by atoms with E-state index in [1.165, 1.54) is 0 Å². The summed E-state index contributed by atoms with van der Waals surface area (Å²) in [5, 5.41) is 3.04. The van der Waals surface area contributed by atoms with Gasteiger partial charge in [-0.25, -0.2) is 0 Å². The molecule has 1 aromatic rings. The highest BCUT2D eigenvalue weighted by molar-refractivity contribution is 5.76. The van der Waals surface area contributed by atoms with Crippen LogP contribution in [-0.4, -0.2) is 19.1 Å². The third kappa shape index (κ3) is 3.73. The lowest BCUT2D eigenvalue weighted by molar-refractivity contribution is -0.122. The first-order valence-electron chi connectivity index (χ1n) is 7.29. The van der Waals surface area contributed by atoms with Crippen molar-refractivity contribution < 1.29 is 9.53 Å². The molecule has 0 heterocycles. The lowest BCUT2D eigenvalue weighted by atomic mass is 9.99. The molecule has 1 aromatic carbocycles. The summed E-state index contributed by atoms with van der Waals surface area (Å²) in [6, 6.07) is 7.95. The number of carbonyl (C=O) groups is 1. The Morgan fingerprint density at radius 1 is 1.50 bits per heavy atom. The smallest absolute Gasteiger partial charge is 0.220 e. The first-order valence-corrected chi connectivity index (χ1v) is 7.29. The van der Waals surface area contributed by atoms with Gasteiger partial charge in [0, 0.05) is 12.5 Å². The average molecular weight is 276 g/mol. The van der Waals surface area contributed by atoms with Crippen LogP contribution in [0.3, 0.4) is 0 Å². The molecular formula is C16H24N2O2. The molecule has 3 atom stereocenters. The molecule has 0 spiro atoms. The van der Waals surface area contributed by atoms with E-state index in [4.69, 9.17) is 10.5 Å². The Morgan fingerprint density at radius 3 is 2.95 bits per heavy atom. The first-order chi connectivity index (χ1) is 9.60. The van der Waals surface area contributed by atoms with Gasteiger partial charge in [-0.3, -0.25) is 4.79 Å². The standard InChI is InChI=1S/C16H24N2O2/c1-11(12-5-3-7-14(9-12)20-2)18-16(19)10-13-6-4-8-15(13)17/h3,5,7,9,11,13,15H,4,6,8,10,17H2,1-2H3,(H,18,19)/t11?,13-,15+/m0/s1. The van der Waals surface area contributed by atoms with Gasteiger partial charge in [0.25, 0.3) is 0 Å². The second-order valence-electron chi connectivity index (χ2n) is 5.62. The molecule has 0 aliphatic heterocycles. The largest absolute Gasteiger partial charge is 0.497 e. The fourth-order valence-corrected chi connectivity index (χ4v) is 2.85. The predicted octanol–water partition coefficient (Wildman–Crippen LogP) is 2.39. The SMILES string of the molecule is COc1cccc(C(C)NC(=O)C[C@@H]2CCC[C@H]2N)c1. The minimum Gasteiger partial charge on any atom is -0.497 e. The highest BCUT2D eigenvalue weighted by Gasteiger charge is 2.26. The van der Waals surface area contributed by atoms with E-state index in [1.54, 1.807) is 7.11 Å². The Balaban J connectivity index is 1.89. The van der Waals surface area contributed by atoms with Crippen molar-refractivity contribution in [2.24, 2.45) is 11.7 Å². The van der Waals surface area contributed by atoms with Crippen LogP contribution in [0.2, 0.25) is 0 Å². The van der Waals surface area contributed by atoms with Crippen LogP contribution in [0.25, 0.3) is 0 Å². The number of benzene rings is 1. The van der Waals surface area contributed by atoms with Gasteiger partial charge < -0.3 is 15.8 Å². The van der Waals surface area contributed by atoms with Crippen molar-refractivity contribution >= 4 is 5.91 Å². The van der Waals surface area contributed by atoms with Crippen LogP contribution in [0, 0.1) is 5.92 Å². The van der Waals surface area contributed by atoms with E-state index in [0.29, 0.717) is 12.3 Å². The molecule has 1 aliphatic carbocycles. The molecule has 1 fully saturated rings. The lowest BCUT2D eigenvalue weighted by Gasteiger charge is -2.18. The van der Waals surface area contributed by atoms with Gasteiger partial charge in [0.05, 0.1) is 13.2 Å². The number of nitrogens with one attached hydrogen (secondary N) is 1. The first kappa shape index (κ1) is 14.9. The topological polar surface area (TPSA) is 64.3 Å². The van der Waals surface area contributed by atoms with Gasteiger partial charge in [-0.15, -0.1) is 0 Å². The van der Waals surface area contributed by atoms with Gasteiger partial charge in [-0.05, 0) is 43.4 Å². The van der Waals surface area contributed by atoms with Crippen LogP contribution in [0.4, 0.5) is 0 Å². The maximum Gasteiger partial charge on any atom is 0.220 e. The van der Waals surface area contributed by atoms with Crippen molar-refractivity contribution in [3.05, 3.63) is 29.8 Å². The van der Waals surface area contributed by atoms with Gasteiger partial charge in [-0.2, -0.15) is 0 Å². The molecule has 0 aromatic heterocycles. The van der Waals surface area contributed by atoms with E-state index < -0.39 is 0 Å². The van der Waals surface area contributed by atoms with Crippen LogP contribution < -0.4 is 15.8 Å². The molecule has 0 bridgehead atoms. The number of nitrogens with two attached hydrogens (primary N) is 1. The zero-order chi connectivity index (χ0) is 14.5. The van der Waals surface area contributed by atoms with E-state index in [9.17, 15) is 4.79 Å². The summed E-state index contributed by atoms with van der Waals surface area (Å²) >= 11 is 0. The van der Waals surface area contributed by atoms with Crippen LogP contribution in [0.5, 0.6) is 5.75 Å². The van der Waals surface area contributed by atoms with E-state index in [0.717, 1.165) is 30.6 Å². The monoisotopic (exact) mass is 276 g/mol. The summed E-state index contributed by atoms with van der Waals surface area (Å²) in [6.07, 6.45) is 3.80. The van der Waals surface area contributed by atoms with Crippen molar-refractivity contribution in [1.29, 1.82) is 0 Å². The molecule has 3 N–H and O–H groups in total. The molecule has 2 rings (SSSR count). The minimum atomic E-state index is -0.0183. The Hall–Kier alpha value is -1.55. The Labute approximate surface area is 120 Å². The normalized spacial score (nSPS) is 23.4.